The lowest BCUT2D eigenvalue weighted by Gasteiger charge is -2.25. The van der Waals surface area contributed by atoms with Crippen LogP contribution in [0.15, 0.2) is 18.2 Å². The first-order valence-corrected chi connectivity index (χ1v) is 8.87. The molecule has 0 spiro atoms. The summed E-state index contributed by atoms with van der Waals surface area (Å²) in [5.41, 5.74) is 1.37. The van der Waals surface area contributed by atoms with Crippen LogP contribution in [0, 0.1) is 5.92 Å². The van der Waals surface area contributed by atoms with E-state index in [1.807, 2.05) is 6.07 Å². The van der Waals surface area contributed by atoms with E-state index < -0.39 is 0 Å². The smallest absolute Gasteiger partial charge is 0.123 e. The van der Waals surface area contributed by atoms with Gasteiger partial charge in [0.25, 0.3) is 0 Å². The Hall–Kier alpha value is -1.22. The van der Waals surface area contributed by atoms with Gasteiger partial charge in [-0.3, -0.25) is 0 Å². The summed E-state index contributed by atoms with van der Waals surface area (Å²) in [6.45, 7) is 3.08. The van der Waals surface area contributed by atoms with Crippen LogP contribution in [0.5, 0.6) is 11.5 Å². The Bertz CT molecular complexity index is 463. The Balaban J connectivity index is 1.66. The first-order chi connectivity index (χ1) is 10.8. The van der Waals surface area contributed by atoms with Crippen LogP contribution in [-0.4, -0.2) is 26.8 Å². The van der Waals surface area contributed by atoms with Gasteiger partial charge in [0, 0.05) is 6.07 Å². The highest BCUT2D eigenvalue weighted by Crippen LogP contribution is 2.33. The van der Waals surface area contributed by atoms with Crippen LogP contribution in [0.2, 0.25) is 0 Å². The third-order valence-corrected chi connectivity index (χ3v) is 5.16. The van der Waals surface area contributed by atoms with Crippen molar-refractivity contribution in [3.05, 3.63) is 23.8 Å². The highest BCUT2D eigenvalue weighted by atomic mass is 16.5. The number of nitrogens with one attached hydrogen (secondary N) is 1. The molecule has 1 aromatic rings. The Morgan fingerprint density at radius 2 is 1.68 bits per heavy atom. The van der Waals surface area contributed by atoms with Gasteiger partial charge in [0.1, 0.15) is 11.5 Å². The van der Waals surface area contributed by atoms with Crippen LogP contribution in [0.3, 0.4) is 0 Å². The second kappa shape index (κ2) is 7.87. The number of ether oxygens (including phenoxy) is 2. The molecule has 122 valence electrons. The molecule has 1 aliphatic carbocycles. The van der Waals surface area contributed by atoms with Gasteiger partial charge < -0.3 is 14.8 Å². The zero-order valence-corrected chi connectivity index (χ0v) is 13.8. The van der Waals surface area contributed by atoms with Gasteiger partial charge in [0.05, 0.1) is 13.7 Å². The van der Waals surface area contributed by atoms with Crippen LogP contribution in [0.4, 0.5) is 0 Å². The Kier molecular flexibility index (Phi) is 5.60. The van der Waals surface area contributed by atoms with Crippen molar-refractivity contribution < 1.29 is 9.47 Å². The zero-order valence-electron chi connectivity index (χ0n) is 13.8. The molecule has 3 heteroatoms. The molecular weight excluding hydrogens is 274 g/mol. The average Bonchev–Trinajstić information content (AvgIpc) is 2.61. The van der Waals surface area contributed by atoms with Crippen LogP contribution in [0.25, 0.3) is 0 Å². The molecule has 1 N–H and O–H groups in total. The fraction of sp³-hybridized carbons (Fsp3) is 0.684. The zero-order chi connectivity index (χ0) is 15.2. The van der Waals surface area contributed by atoms with Gasteiger partial charge in [-0.05, 0) is 68.3 Å². The normalized spacial score (nSPS) is 20.8. The topological polar surface area (TPSA) is 30.5 Å². The number of hydrogen-bond donors (Lipinski definition) is 1. The second-order valence-corrected chi connectivity index (χ2v) is 6.78. The minimum absolute atomic E-state index is 0.633. The molecule has 2 aliphatic rings. The quantitative estimate of drug-likeness (QED) is 0.887. The van der Waals surface area contributed by atoms with Gasteiger partial charge >= 0.3 is 0 Å². The lowest BCUT2D eigenvalue weighted by atomic mass is 9.89. The minimum atomic E-state index is 0.633. The number of benzene rings is 1. The molecule has 1 aliphatic heterocycles. The number of methoxy groups -OCH3 is 1. The molecule has 3 rings (SSSR count). The third kappa shape index (κ3) is 4.16. The van der Waals surface area contributed by atoms with Gasteiger partial charge in [-0.2, -0.15) is 0 Å². The van der Waals surface area contributed by atoms with E-state index in [-0.39, 0.29) is 0 Å². The summed E-state index contributed by atoms with van der Waals surface area (Å²) in [7, 11) is 1.74. The van der Waals surface area contributed by atoms with E-state index in [1.165, 1.54) is 50.5 Å². The summed E-state index contributed by atoms with van der Waals surface area (Å²) in [4.78, 5) is 0. The summed E-state index contributed by atoms with van der Waals surface area (Å²) < 4.78 is 11.6. The van der Waals surface area contributed by atoms with Gasteiger partial charge in [0.2, 0.25) is 0 Å². The SMILES string of the molecule is COc1cc(OCC2CCCCC2)cc(C2CCNCC2)c1. The number of piperidine rings is 1. The van der Waals surface area contributed by atoms with Gasteiger partial charge in [-0.25, -0.2) is 0 Å². The lowest BCUT2D eigenvalue weighted by molar-refractivity contribution is 0.208. The van der Waals surface area contributed by atoms with E-state index in [1.54, 1.807) is 7.11 Å². The van der Waals surface area contributed by atoms with E-state index in [0.29, 0.717) is 5.92 Å². The van der Waals surface area contributed by atoms with Gasteiger partial charge in [-0.15, -0.1) is 0 Å². The first kappa shape index (κ1) is 15.7. The molecule has 0 amide bonds. The van der Waals surface area contributed by atoms with Crippen molar-refractivity contribution in [3.8, 4) is 11.5 Å². The maximum Gasteiger partial charge on any atom is 0.123 e. The summed E-state index contributed by atoms with van der Waals surface area (Å²) in [5, 5.41) is 3.43. The molecule has 1 saturated heterocycles. The van der Waals surface area contributed by atoms with E-state index >= 15 is 0 Å². The van der Waals surface area contributed by atoms with Crippen molar-refractivity contribution in [2.24, 2.45) is 5.92 Å². The summed E-state index contributed by atoms with van der Waals surface area (Å²) in [6.07, 6.45) is 9.19. The van der Waals surface area contributed by atoms with Crippen molar-refractivity contribution in [2.45, 2.75) is 50.9 Å². The molecule has 0 bridgehead atoms. The molecule has 0 aromatic heterocycles. The largest absolute Gasteiger partial charge is 0.497 e. The lowest BCUT2D eigenvalue weighted by Crippen LogP contribution is -2.26. The van der Waals surface area contributed by atoms with Crippen molar-refractivity contribution in [3.63, 3.8) is 0 Å². The molecule has 0 atom stereocenters. The van der Waals surface area contributed by atoms with Crippen LogP contribution < -0.4 is 14.8 Å². The monoisotopic (exact) mass is 303 g/mol. The molecule has 1 heterocycles. The molecule has 0 radical (unpaired) electrons. The fourth-order valence-corrected chi connectivity index (χ4v) is 3.75. The predicted octanol–water partition coefficient (Wildman–Crippen LogP) is 4.12. The predicted molar refractivity (Wildman–Crippen MR) is 89.9 cm³/mol. The molecule has 1 aromatic carbocycles. The highest BCUT2D eigenvalue weighted by molar-refractivity contribution is 5.40. The van der Waals surface area contributed by atoms with E-state index in [9.17, 15) is 0 Å². The summed E-state index contributed by atoms with van der Waals surface area (Å²) >= 11 is 0. The van der Waals surface area contributed by atoms with E-state index in [4.69, 9.17) is 9.47 Å². The molecule has 1 saturated carbocycles. The van der Waals surface area contributed by atoms with Crippen molar-refractivity contribution in [2.75, 3.05) is 26.8 Å². The van der Waals surface area contributed by atoms with E-state index in [2.05, 4.69) is 17.4 Å². The average molecular weight is 303 g/mol. The minimum Gasteiger partial charge on any atom is -0.497 e. The van der Waals surface area contributed by atoms with Crippen molar-refractivity contribution in [1.29, 1.82) is 0 Å². The number of hydrogen-bond acceptors (Lipinski definition) is 3. The molecular formula is C19H29NO2. The standard InChI is InChI=1S/C19H29NO2/c1-21-18-11-17(16-7-9-20-10-8-16)12-19(13-18)22-14-15-5-3-2-4-6-15/h11-13,15-16,20H,2-10,14H2,1H3. The second-order valence-electron chi connectivity index (χ2n) is 6.78. The van der Waals surface area contributed by atoms with Crippen LogP contribution in [0.1, 0.15) is 56.4 Å². The van der Waals surface area contributed by atoms with E-state index in [0.717, 1.165) is 37.1 Å². The maximum atomic E-state index is 6.12. The molecule has 22 heavy (non-hydrogen) atoms. The highest BCUT2D eigenvalue weighted by Gasteiger charge is 2.18. The van der Waals surface area contributed by atoms with Crippen LogP contribution >= 0.6 is 0 Å². The first-order valence-electron chi connectivity index (χ1n) is 8.87. The maximum absolute atomic E-state index is 6.12. The summed E-state index contributed by atoms with van der Waals surface area (Å²) in [6, 6.07) is 6.46. The molecule has 0 unspecified atom stereocenters. The Morgan fingerprint density at radius 1 is 0.955 bits per heavy atom. The Morgan fingerprint density at radius 3 is 2.41 bits per heavy atom. The van der Waals surface area contributed by atoms with Crippen molar-refractivity contribution >= 4 is 0 Å². The van der Waals surface area contributed by atoms with Gasteiger partial charge in [-0.1, -0.05) is 19.3 Å². The summed E-state index contributed by atoms with van der Waals surface area (Å²) in [5.74, 6) is 3.28. The van der Waals surface area contributed by atoms with Crippen molar-refractivity contribution in [1.82, 2.24) is 5.32 Å². The van der Waals surface area contributed by atoms with Crippen LogP contribution in [-0.2, 0) is 0 Å². The number of rotatable bonds is 5. The van der Waals surface area contributed by atoms with Gasteiger partial charge in [0.15, 0.2) is 0 Å². The molecule has 3 nitrogen and oxygen atoms in total. The molecule has 2 fully saturated rings. The third-order valence-electron chi connectivity index (χ3n) is 5.16. The Labute approximate surface area is 134 Å². The fourth-order valence-electron chi connectivity index (χ4n) is 3.75.